The van der Waals surface area contributed by atoms with E-state index in [1.54, 1.807) is 0 Å². The molecule has 0 aliphatic carbocycles. The van der Waals surface area contributed by atoms with Crippen LogP contribution in [0.25, 0.3) is 0 Å². The summed E-state index contributed by atoms with van der Waals surface area (Å²) in [5, 5.41) is 13.5. The summed E-state index contributed by atoms with van der Waals surface area (Å²) in [5.41, 5.74) is 5.82. The summed E-state index contributed by atoms with van der Waals surface area (Å²) in [7, 11) is 0. The van der Waals surface area contributed by atoms with Gasteiger partial charge in [-0.05, 0) is 34.5 Å². The summed E-state index contributed by atoms with van der Waals surface area (Å²) in [6, 6.07) is 3.78. The van der Waals surface area contributed by atoms with Gasteiger partial charge in [0.2, 0.25) is 0 Å². The van der Waals surface area contributed by atoms with Crippen molar-refractivity contribution in [2.24, 2.45) is 5.73 Å². The highest BCUT2D eigenvalue weighted by molar-refractivity contribution is 5.22. The highest BCUT2D eigenvalue weighted by Gasteiger charge is 2.29. The van der Waals surface area contributed by atoms with Gasteiger partial charge in [0, 0.05) is 12.0 Å². The molecule has 5 nitrogen and oxygen atoms in total. The van der Waals surface area contributed by atoms with Gasteiger partial charge in [-0.1, -0.05) is 13.0 Å². The average molecular weight is 253 g/mol. The molecule has 1 unspecified atom stereocenters. The van der Waals surface area contributed by atoms with Crippen LogP contribution < -0.4 is 5.73 Å². The van der Waals surface area contributed by atoms with Gasteiger partial charge >= 0.3 is 0 Å². The zero-order valence-electron chi connectivity index (χ0n) is 9.82. The Morgan fingerprint density at radius 1 is 1.33 bits per heavy atom. The lowest BCUT2D eigenvalue weighted by molar-refractivity contribution is 0.447. The van der Waals surface area contributed by atoms with E-state index >= 15 is 0 Å². The monoisotopic (exact) mass is 253 g/mol. The van der Waals surface area contributed by atoms with Crippen LogP contribution in [0.15, 0.2) is 18.2 Å². The number of halogens is 2. The van der Waals surface area contributed by atoms with Gasteiger partial charge in [0.15, 0.2) is 17.5 Å². The Morgan fingerprint density at radius 2 is 2.11 bits per heavy atom. The first kappa shape index (κ1) is 12.6. The fourth-order valence-corrected chi connectivity index (χ4v) is 1.77. The van der Waals surface area contributed by atoms with Crippen LogP contribution in [0.5, 0.6) is 0 Å². The Bertz CT molecular complexity index is 528. The predicted molar refractivity (Wildman–Crippen MR) is 60.6 cm³/mol. The predicted octanol–water partition coefficient (Wildman–Crippen LogP) is 0.937. The van der Waals surface area contributed by atoms with Crippen molar-refractivity contribution in [1.29, 1.82) is 0 Å². The molecule has 1 atom stereocenters. The van der Waals surface area contributed by atoms with E-state index in [0.717, 1.165) is 12.1 Å². The van der Waals surface area contributed by atoms with Gasteiger partial charge in [0.1, 0.15) is 0 Å². The number of aromatic amines is 1. The number of nitrogens with zero attached hydrogens (tertiary/aromatic N) is 3. The first-order valence-corrected chi connectivity index (χ1v) is 5.43. The molecule has 0 bridgehead atoms. The lowest BCUT2D eigenvalue weighted by Gasteiger charge is -2.24. The lowest BCUT2D eigenvalue weighted by atomic mass is 9.83. The first-order valence-electron chi connectivity index (χ1n) is 5.43. The topological polar surface area (TPSA) is 80.5 Å². The molecule has 0 amide bonds. The fourth-order valence-electron chi connectivity index (χ4n) is 1.77. The van der Waals surface area contributed by atoms with Gasteiger partial charge < -0.3 is 5.73 Å². The van der Waals surface area contributed by atoms with Crippen molar-refractivity contribution >= 4 is 0 Å². The molecule has 1 aromatic carbocycles. The Hall–Kier alpha value is -1.89. The highest BCUT2D eigenvalue weighted by Crippen LogP contribution is 2.24. The van der Waals surface area contributed by atoms with Gasteiger partial charge in [-0.3, -0.25) is 0 Å². The van der Waals surface area contributed by atoms with E-state index < -0.39 is 17.0 Å². The molecule has 1 aromatic heterocycles. The van der Waals surface area contributed by atoms with Crippen molar-refractivity contribution in [3.8, 4) is 0 Å². The molecule has 3 N–H and O–H groups in total. The number of tetrazole rings is 1. The lowest BCUT2D eigenvalue weighted by Crippen LogP contribution is -2.35. The molecule has 0 aliphatic rings. The molecular weight excluding hydrogens is 240 g/mol. The number of aromatic nitrogens is 4. The molecule has 0 spiro atoms. The fraction of sp³-hybridized carbons (Fsp3) is 0.364. The second-order valence-electron chi connectivity index (χ2n) is 4.44. The van der Waals surface area contributed by atoms with Crippen molar-refractivity contribution in [2.45, 2.75) is 18.8 Å². The van der Waals surface area contributed by atoms with Crippen molar-refractivity contribution < 1.29 is 8.78 Å². The summed E-state index contributed by atoms with van der Waals surface area (Å²) < 4.78 is 26.0. The van der Waals surface area contributed by atoms with Crippen LogP contribution in [0.2, 0.25) is 0 Å². The minimum atomic E-state index is -0.873. The molecule has 18 heavy (non-hydrogen) atoms. The molecule has 96 valence electrons. The maximum atomic E-state index is 13.1. The maximum Gasteiger partial charge on any atom is 0.159 e. The third kappa shape index (κ3) is 2.35. The zero-order chi connectivity index (χ0) is 13.2. The molecule has 0 aliphatic heterocycles. The Kier molecular flexibility index (Phi) is 3.33. The molecule has 0 saturated carbocycles. The number of H-pyrrole nitrogens is 1. The van der Waals surface area contributed by atoms with E-state index in [1.807, 2.05) is 6.92 Å². The average Bonchev–Trinajstić information content (AvgIpc) is 2.88. The largest absolute Gasteiger partial charge is 0.329 e. The van der Waals surface area contributed by atoms with E-state index in [2.05, 4.69) is 20.6 Å². The third-order valence-corrected chi connectivity index (χ3v) is 2.95. The first-order chi connectivity index (χ1) is 8.55. The van der Waals surface area contributed by atoms with Crippen LogP contribution in [0, 0.1) is 11.6 Å². The minimum absolute atomic E-state index is 0.281. The molecule has 7 heteroatoms. The summed E-state index contributed by atoms with van der Waals surface area (Å²) >= 11 is 0. The van der Waals surface area contributed by atoms with E-state index in [-0.39, 0.29) is 6.54 Å². The van der Waals surface area contributed by atoms with Crippen LogP contribution in [0.3, 0.4) is 0 Å². The molecule has 2 rings (SSSR count). The van der Waals surface area contributed by atoms with Gasteiger partial charge in [-0.15, -0.1) is 5.10 Å². The number of nitrogens with one attached hydrogen (secondary N) is 1. The molecule has 0 radical (unpaired) electrons. The van der Waals surface area contributed by atoms with Crippen LogP contribution >= 0.6 is 0 Å². The van der Waals surface area contributed by atoms with E-state index in [0.29, 0.717) is 17.8 Å². The maximum absolute atomic E-state index is 13.1. The van der Waals surface area contributed by atoms with E-state index in [4.69, 9.17) is 5.73 Å². The second-order valence-corrected chi connectivity index (χ2v) is 4.44. The molecule has 0 saturated heterocycles. The molecule has 2 aromatic rings. The number of nitrogens with two attached hydrogens (primary N) is 1. The van der Waals surface area contributed by atoms with E-state index in [9.17, 15) is 8.78 Å². The molecule has 1 heterocycles. The second kappa shape index (κ2) is 4.77. The van der Waals surface area contributed by atoms with Crippen molar-refractivity contribution in [2.75, 3.05) is 6.54 Å². The Balaban J connectivity index is 2.28. The minimum Gasteiger partial charge on any atom is -0.329 e. The molecule has 0 fully saturated rings. The van der Waals surface area contributed by atoms with Crippen molar-refractivity contribution in [3.63, 3.8) is 0 Å². The quantitative estimate of drug-likeness (QED) is 0.849. The third-order valence-electron chi connectivity index (χ3n) is 2.95. The number of hydrogen-bond donors (Lipinski definition) is 2. The molecular formula is C11H13F2N5. The number of rotatable bonds is 4. The summed E-state index contributed by atoms with van der Waals surface area (Å²) in [6.07, 6.45) is 0.414. The Morgan fingerprint density at radius 3 is 2.67 bits per heavy atom. The SMILES string of the molecule is CC(CN)(Cc1ccc(F)c(F)c1)c1nnn[nH]1. The van der Waals surface area contributed by atoms with Crippen LogP contribution in [0.4, 0.5) is 8.78 Å². The van der Waals surface area contributed by atoms with Crippen LogP contribution in [-0.4, -0.2) is 27.2 Å². The van der Waals surface area contributed by atoms with Crippen molar-refractivity contribution in [1.82, 2.24) is 20.6 Å². The smallest absolute Gasteiger partial charge is 0.159 e. The van der Waals surface area contributed by atoms with Gasteiger partial charge in [0.25, 0.3) is 0 Å². The van der Waals surface area contributed by atoms with E-state index in [1.165, 1.54) is 6.07 Å². The number of benzene rings is 1. The summed E-state index contributed by atoms with van der Waals surface area (Å²) in [6.45, 7) is 2.14. The van der Waals surface area contributed by atoms with Crippen molar-refractivity contribution in [3.05, 3.63) is 41.2 Å². The zero-order valence-corrected chi connectivity index (χ0v) is 9.82. The highest BCUT2D eigenvalue weighted by atomic mass is 19.2. The van der Waals surface area contributed by atoms with Gasteiger partial charge in [-0.2, -0.15) is 0 Å². The standard InChI is InChI=1S/C11H13F2N5/c1-11(6-14,10-15-17-18-16-10)5-7-2-3-8(12)9(13)4-7/h2-4H,5-6,14H2,1H3,(H,15,16,17,18). The number of hydrogen-bond acceptors (Lipinski definition) is 4. The van der Waals surface area contributed by atoms with Crippen LogP contribution in [-0.2, 0) is 11.8 Å². The van der Waals surface area contributed by atoms with Gasteiger partial charge in [0.05, 0.1) is 0 Å². The Labute approximate surface area is 102 Å². The van der Waals surface area contributed by atoms with Crippen LogP contribution in [0.1, 0.15) is 18.3 Å². The normalized spacial score (nSPS) is 14.4. The summed E-state index contributed by atoms with van der Waals surface area (Å²) in [4.78, 5) is 0. The summed E-state index contributed by atoms with van der Waals surface area (Å²) in [5.74, 6) is -1.22. The van der Waals surface area contributed by atoms with Gasteiger partial charge in [-0.25, -0.2) is 13.9 Å².